The van der Waals surface area contributed by atoms with Crippen molar-refractivity contribution in [2.45, 2.75) is 32.6 Å². The van der Waals surface area contributed by atoms with E-state index in [1.807, 2.05) is 6.92 Å². The molecule has 7 heteroatoms. The Morgan fingerprint density at radius 1 is 1.20 bits per heavy atom. The topological polar surface area (TPSA) is 80.0 Å². The van der Waals surface area contributed by atoms with Crippen LogP contribution in [0.5, 0.6) is 0 Å². The Balaban J connectivity index is 1.74. The van der Waals surface area contributed by atoms with Gasteiger partial charge in [-0.3, -0.25) is 0 Å². The predicted molar refractivity (Wildman–Crippen MR) is 75.0 cm³/mol. The number of rotatable bonds is 3. The fourth-order valence-electron chi connectivity index (χ4n) is 2.34. The van der Waals surface area contributed by atoms with Gasteiger partial charge in [0.25, 0.3) is 0 Å². The molecule has 0 radical (unpaired) electrons. The molecule has 1 aliphatic rings. The molecule has 0 saturated carbocycles. The molecule has 0 unspecified atom stereocenters. The smallest absolute Gasteiger partial charge is 0.250 e. The van der Waals surface area contributed by atoms with E-state index < -0.39 is 0 Å². The summed E-state index contributed by atoms with van der Waals surface area (Å²) in [6, 6.07) is 1.79. The maximum atomic E-state index is 5.00. The summed E-state index contributed by atoms with van der Waals surface area (Å²) in [4.78, 5) is 6.77. The second-order valence-corrected chi connectivity index (χ2v) is 4.99. The fourth-order valence-corrected chi connectivity index (χ4v) is 2.34. The molecule has 0 aromatic carbocycles. The number of aromatic nitrogens is 4. The minimum atomic E-state index is 0.444. The van der Waals surface area contributed by atoms with E-state index >= 15 is 0 Å². The van der Waals surface area contributed by atoms with Crippen LogP contribution in [0.2, 0.25) is 0 Å². The van der Waals surface area contributed by atoms with Gasteiger partial charge >= 0.3 is 0 Å². The summed E-state index contributed by atoms with van der Waals surface area (Å²) in [6.07, 6.45) is 6.70. The number of hydrogen-bond donors (Lipinski definition) is 1. The maximum absolute atomic E-state index is 5.00. The van der Waals surface area contributed by atoms with Gasteiger partial charge in [-0.1, -0.05) is 18.0 Å². The average Bonchev–Trinajstić information content (AvgIpc) is 2.71. The molecule has 0 atom stereocenters. The van der Waals surface area contributed by atoms with Gasteiger partial charge in [0.2, 0.25) is 5.95 Å². The van der Waals surface area contributed by atoms with Crippen molar-refractivity contribution in [1.29, 1.82) is 0 Å². The van der Waals surface area contributed by atoms with E-state index in [9.17, 15) is 0 Å². The van der Waals surface area contributed by atoms with Crippen LogP contribution in [0.3, 0.4) is 0 Å². The van der Waals surface area contributed by atoms with Crippen molar-refractivity contribution < 1.29 is 4.52 Å². The molecule has 1 saturated heterocycles. The molecule has 3 heterocycles. The third-order valence-electron chi connectivity index (χ3n) is 3.34. The number of nitrogens with zero attached hydrogens (tertiary/aromatic N) is 5. The Morgan fingerprint density at radius 2 is 2.00 bits per heavy atom. The van der Waals surface area contributed by atoms with Gasteiger partial charge in [-0.25, -0.2) is 0 Å². The van der Waals surface area contributed by atoms with E-state index in [-0.39, 0.29) is 0 Å². The molecule has 20 heavy (non-hydrogen) atoms. The highest BCUT2D eigenvalue weighted by Gasteiger charge is 2.13. The monoisotopic (exact) mass is 274 g/mol. The minimum Gasteiger partial charge on any atom is -0.360 e. The lowest BCUT2D eigenvalue weighted by molar-refractivity contribution is 0.400. The third-order valence-corrected chi connectivity index (χ3v) is 3.34. The minimum absolute atomic E-state index is 0.444. The number of anilines is 3. The number of aryl methyl sites for hydroxylation is 1. The SMILES string of the molecule is Cc1cc(Nc2nncc(N3CCCCCC3)n2)no1. The molecule has 2 aromatic heterocycles. The molecule has 0 spiro atoms. The van der Waals surface area contributed by atoms with Crippen LogP contribution in [-0.4, -0.2) is 33.4 Å². The van der Waals surface area contributed by atoms with Crippen molar-refractivity contribution in [2.24, 2.45) is 0 Å². The van der Waals surface area contributed by atoms with E-state index in [4.69, 9.17) is 4.52 Å². The van der Waals surface area contributed by atoms with Gasteiger partial charge in [-0.2, -0.15) is 10.1 Å². The van der Waals surface area contributed by atoms with Crippen molar-refractivity contribution in [2.75, 3.05) is 23.3 Å². The molecule has 1 fully saturated rings. The molecule has 3 rings (SSSR count). The van der Waals surface area contributed by atoms with E-state index in [0.717, 1.165) is 24.7 Å². The number of hydrogen-bond acceptors (Lipinski definition) is 7. The zero-order chi connectivity index (χ0) is 13.8. The normalized spacial score (nSPS) is 15.9. The fraction of sp³-hybridized carbons (Fsp3) is 0.538. The molecule has 7 nitrogen and oxygen atoms in total. The van der Waals surface area contributed by atoms with Crippen LogP contribution in [0.15, 0.2) is 16.8 Å². The van der Waals surface area contributed by atoms with E-state index in [1.54, 1.807) is 12.3 Å². The van der Waals surface area contributed by atoms with Gasteiger partial charge in [0.05, 0.1) is 6.20 Å². The highest BCUT2D eigenvalue weighted by atomic mass is 16.5. The molecule has 0 amide bonds. The highest BCUT2D eigenvalue weighted by Crippen LogP contribution is 2.18. The van der Waals surface area contributed by atoms with Crippen molar-refractivity contribution >= 4 is 17.6 Å². The van der Waals surface area contributed by atoms with Crippen LogP contribution in [0.1, 0.15) is 31.4 Å². The summed E-state index contributed by atoms with van der Waals surface area (Å²) in [5.74, 6) is 2.64. The highest BCUT2D eigenvalue weighted by molar-refractivity contribution is 5.49. The van der Waals surface area contributed by atoms with Crippen molar-refractivity contribution in [3.63, 3.8) is 0 Å². The van der Waals surface area contributed by atoms with Crippen LogP contribution in [0, 0.1) is 6.92 Å². The van der Waals surface area contributed by atoms with Crippen molar-refractivity contribution in [1.82, 2.24) is 20.3 Å². The zero-order valence-corrected chi connectivity index (χ0v) is 11.5. The summed E-state index contributed by atoms with van der Waals surface area (Å²) >= 11 is 0. The first-order chi connectivity index (χ1) is 9.81. The first-order valence-electron chi connectivity index (χ1n) is 6.96. The molecular formula is C13H18N6O. The van der Waals surface area contributed by atoms with E-state index in [0.29, 0.717) is 11.8 Å². The van der Waals surface area contributed by atoms with Gasteiger partial charge in [-0.15, -0.1) is 5.10 Å². The van der Waals surface area contributed by atoms with Crippen LogP contribution in [-0.2, 0) is 0 Å². The first-order valence-corrected chi connectivity index (χ1v) is 6.96. The average molecular weight is 274 g/mol. The largest absolute Gasteiger partial charge is 0.360 e. The third kappa shape index (κ3) is 3.04. The Labute approximate surface area is 117 Å². The molecule has 106 valence electrons. The molecule has 2 aromatic rings. The van der Waals surface area contributed by atoms with E-state index in [2.05, 4.69) is 30.6 Å². The maximum Gasteiger partial charge on any atom is 0.250 e. The van der Waals surface area contributed by atoms with E-state index in [1.165, 1.54) is 25.7 Å². The number of nitrogens with one attached hydrogen (secondary N) is 1. The van der Waals surface area contributed by atoms with Crippen LogP contribution < -0.4 is 10.2 Å². The second kappa shape index (κ2) is 5.85. The summed E-state index contributed by atoms with van der Waals surface area (Å²) in [5.41, 5.74) is 0. The lowest BCUT2D eigenvalue weighted by Gasteiger charge is -2.20. The van der Waals surface area contributed by atoms with Crippen molar-refractivity contribution in [3.8, 4) is 0 Å². The summed E-state index contributed by atoms with van der Waals surface area (Å²) < 4.78 is 5.00. The quantitative estimate of drug-likeness (QED) is 0.919. The van der Waals surface area contributed by atoms with Gasteiger partial charge in [-0.05, 0) is 19.8 Å². The molecule has 1 N–H and O–H groups in total. The van der Waals surface area contributed by atoms with Gasteiger partial charge in [0, 0.05) is 19.2 Å². The van der Waals surface area contributed by atoms with Crippen LogP contribution in [0.25, 0.3) is 0 Å². The molecule has 0 aliphatic carbocycles. The Bertz CT molecular complexity index is 561. The van der Waals surface area contributed by atoms with Gasteiger partial charge < -0.3 is 14.7 Å². The zero-order valence-electron chi connectivity index (χ0n) is 11.5. The lowest BCUT2D eigenvalue weighted by Crippen LogP contribution is -2.25. The van der Waals surface area contributed by atoms with Crippen LogP contribution >= 0.6 is 0 Å². The Kier molecular flexibility index (Phi) is 3.76. The predicted octanol–water partition coefficient (Wildman–Crippen LogP) is 2.29. The van der Waals surface area contributed by atoms with Crippen molar-refractivity contribution in [3.05, 3.63) is 18.0 Å². The van der Waals surface area contributed by atoms with Gasteiger partial charge in [0.1, 0.15) is 5.76 Å². The summed E-state index contributed by atoms with van der Waals surface area (Å²) in [6.45, 7) is 3.90. The Hall–Kier alpha value is -2.18. The second-order valence-electron chi connectivity index (χ2n) is 4.99. The lowest BCUT2D eigenvalue weighted by atomic mass is 10.2. The first kappa shape index (κ1) is 12.8. The molecule has 1 aliphatic heterocycles. The molecule has 0 bridgehead atoms. The van der Waals surface area contributed by atoms with Crippen LogP contribution in [0.4, 0.5) is 17.6 Å². The summed E-state index contributed by atoms with van der Waals surface area (Å²) in [5, 5.41) is 14.9. The van der Waals surface area contributed by atoms with Gasteiger partial charge in [0.15, 0.2) is 11.6 Å². The summed E-state index contributed by atoms with van der Waals surface area (Å²) in [7, 11) is 0. The Morgan fingerprint density at radius 3 is 2.70 bits per heavy atom. The molecular weight excluding hydrogens is 256 g/mol. The standard InChI is InChI=1S/C13H18N6O/c1-10-8-11(18-20-10)15-13-16-12(9-14-17-13)19-6-4-2-3-5-7-19/h8-9H,2-7H2,1H3,(H,15,16,17,18).